The summed E-state index contributed by atoms with van der Waals surface area (Å²) in [7, 11) is 0. The molecule has 0 saturated carbocycles. The molecule has 0 heterocycles. The molecule has 0 aromatic heterocycles. The molecule has 88 valence electrons. The summed E-state index contributed by atoms with van der Waals surface area (Å²) in [6.45, 7) is 4.02. The third kappa shape index (κ3) is 3.57. The summed E-state index contributed by atoms with van der Waals surface area (Å²) < 4.78 is 5.42. The molecule has 0 bridgehead atoms. The first kappa shape index (κ1) is 12.6. The number of carbonyl (C=O) groups is 1. The lowest BCUT2D eigenvalue weighted by molar-refractivity contribution is -0.145. The number of hydrogen-bond acceptors (Lipinski definition) is 2. The summed E-state index contributed by atoms with van der Waals surface area (Å²) in [5, 5.41) is 8.94. The van der Waals surface area contributed by atoms with Crippen molar-refractivity contribution in [2.75, 3.05) is 0 Å². The highest BCUT2D eigenvalue weighted by Crippen LogP contribution is 2.16. The Morgan fingerprint density at radius 1 is 1.31 bits per heavy atom. The van der Waals surface area contributed by atoms with Crippen molar-refractivity contribution >= 4 is 5.97 Å². The van der Waals surface area contributed by atoms with Crippen LogP contribution in [0.4, 0.5) is 0 Å². The van der Waals surface area contributed by atoms with E-state index in [0.717, 1.165) is 12.8 Å². The van der Waals surface area contributed by atoms with Gasteiger partial charge in [0.2, 0.25) is 0 Å². The molecular weight excluding hydrogens is 204 g/mol. The van der Waals surface area contributed by atoms with Gasteiger partial charge in [0.15, 0.2) is 6.10 Å². The van der Waals surface area contributed by atoms with E-state index in [0.29, 0.717) is 12.2 Å². The normalized spacial score (nSPS) is 12.1. The fourth-order valence-electron chi connectivity index (χ4n) is 1.46. The number of aryl methyl sites for hydroxylation is 1. The summed E-state index contributed by atoms with van der Waals surface area (Å²) in [6, 6.07) is 7.56. The van der Waals surface area contributed by atoms with Crippen molar-refractivity contribution in [3.05, 3.63) is 29.8 Å². The van der Waals surface area contributed by atoms with E-state index in [9.17, 15) is 4.79 Å². The predicted molar refractivity (Wildman–Crippen MR) is 62.8 cm³/mol. The van der Waals surface area contributed by atoms with E-state index >= 15 is 0 Å². The zero-order valence-corrected chi connectivity index (χ0v) is 9.77. The maximum absolute atomic E-state index is 10.9. The summed E-state index contributed by atoms with van der Waals surface area (Å²) >= 11 is 0. The molecule has 1 aromatic rings. The van der Waals surface area contributed by atoms with Crippen molar-refractivity contribution in [3.63, 3.8) is 0 Å². The Bertz CT molecular complexity index is 330. The van der Waals surface area contributed by atoms with E-state index in [1.807, 2.05) is 31.2 Å². The van der Waals surface area contributed by atoms with Crippen molar-refractivity contribution in [2.45, 2.75) is 39.2 Å². The average Bonchev–Trinajstić information content (AvgIpc) is 2.29. The minimum atomic E-state index is -0.901. The number of carboxylic acids is 1. The number of carboxylic acid groups (broad SMARTS) is 1. The van der Waals surface area contributed by atoms with Gasteiger partial charge in [-0.3, -0.25) is 0 Å². The first-order valence-corrected chi connectivity index (χ1v) is 5.65. The van der Waals surface area contributed by atoms with Gasteiger partial charge in [0, 0.05) is 0 Å². The molecule has 3 heteroatoms. The zero-order chi connectivity index (χ0) is 12.0. The molecule has 0 aliphatic rings. The van der Waals surface area contributed by atoms with E-state index in [2.05, 4.69) is 6.92 Å². The van der Waals surface area contributed by atoms with Crippen LogP contribution in [0.25, 0.3) is 0 Å². The van der Waals surface area contributed by atoms with E-state index in [1.54, 1.807) is 0 Å². The van der Waals surface area contributed by atoms with Crippen LogP contribution in [-0.4, -0.2) is 17.2 Å². The molecule has 1 rings (SSSR count). The largest absolute Gasteiger partial charge is 0.479 e. The van der Waals surface area contributed by atoms with Crippen LogP contribution in [0, 0.1) is 0 Å². The molecule has 0 spiro atoms. The number of hydrogen-bond donors (Lipinski definition) is 1. The third-order valence-corrected chi connectivity index (χ3v) is 2.44. The highest BCUT2D eigenvalue weighted by atomic mass is 16.5. The molecule has 0 radical (unpaired) electrons. The van der Waals surface area contributed by atoms with Crippen molar-refractivity contribution in [1.82, 2.24) is 0 Å². The highest BCUT2D eigenvalue weighted by molar-refractivity contribution is 5.72. The molecule has 0 aliphatic heterocycles. The second-order valence-electron chi connectivity index (χ2n) is 3.73. The van der Waals surface area contributed by atoms with Crippen LogP contribution in [0.15, 0.2) is 24.3 Å². The first-order chi connectivity index (χ1) is 7.67. The van der Waals surface area contributed by atoms with Crippen molar-refractivity contribution in [1.29, 1.82) is 0 Å². The van der Waals surface area contributed by atoms with Gasteiger partial charge in [0.1, 0.15) is 5.75 Å². The number of rotatable bonds is 6. The summed E-state index contributed by atoms with van der Waals surface area (Å²) in [4.78, 5) is 10.9. The van der Waals surface area contributed by atoms with Gasteiger partial charge in [-0.2, -0.15) is 0 Å². The van der Waals surface area contributed by atoms with Gasteiger partial charge in [-0.15, -0.1) is 0 Å². The van der Waals surface area contributed by atoms with E-state index in [1.165, 1.54) is 5.56 Å². The molecular formula is C13H18O3. The van der Waals surface area contributed by atoms with Crippen molar-refractivity contribution in [3.8, 4) is 5.75 Å². The van der Waals surface area contributed by atoms with Crippen molar-refractivity contribution < 1.29 is 14.6 Å². The Balaban J connectivity index is 2.65. The molecule has 0 aliphatic carbocycles. The highest BCUT2D eigenvalue weighted by Gasteiger charge is 2.17. The smallest absolute Gasteiger partial charge is 0.344 e. The SMILES string of the molecule is CCCC(Oc1ccc(CC)cc1)C(=O)O. The Hall–Kier alpha value is -1.51. The first-order valence-electron chi connectivity index (χ1n) is 5.65. The monoisotopic (exact) mass is 222 g/mol. The lowest BCUT2D eigenvalue weighted by atomic mass is 10.1. The number of ether oxygens (including phenoxy) is 1. The summed E-state index contributed by atoms with van der Waals surface area (Å²) in [6.07, 6.45) is 1.56. The van der Waals surface area contributed by atoms with Crippen LogP contribution in [0.5, 0.6) is 5.75 Å². The Morgan fingerprint density at radius 2 is 1.94 bits per heavy atom. The minimum Gasteiger partial charge on any atom is -0.479 e. The maximum Gasteiger partial charge on any atom is 0.344 e. The van der Waals surface area contributed by atoms with Gasteiger partial charge in [-0.25, -0.2) is 4.79 Å². The summed E-state index contributed by atoms with van der Waals surface area (Å²) in [5.41, 5.74) is 1.22. The molecule has 0 amide bonds. The molecule has 3 nitrogen and oxygen atoms in total. The van der Waals surface area contributed by atoms with Crippen LogP contribution in [-0.2, 0) is 11.2 Å². The minimum absolute atomic E-state index is 0.533. The van der Waals surface area contributed by atoms with E-state index in [-0.39, 0.29) is 0 Å². The van der Waals surface area contributed by atoms with Crippen LogP contribution in [0.3, 0.4) is 0 Å². The van der Waals surface area contributed by atoms with Gasteiger partial charge in [0.05, 0.1) is 0 Å². The number of benzene rings is 1. The Kier molecular flexibility index (Phi) is 4.83. The van der Waals surface area contributed by atoms with E-state index < -0.39 is 12.1 Å². The average molecular weight is 222 g/mol. The van der Waals surface area contributed by atoms with Crippen LogP contribution in [0.1, 0.15) is 32.3 Å². The standard InChI is InChI=1S/C13H18O3/c1-3-5-12(13(14)15)16-11-8-6-10(4-2)7-9-11/h6-9,12H,3-5H2,1-2H3,(H,14,15). The number of aliphatic carboxylic acids is 1. The molecule has 1 aromatic carbocycles. The Morgan fingerprint density at radius 3 is 2.38 bits per heavy atom. The lowest BCUT2D eigenvalue weighted by Crippen LogP contribution is -2.26. The topological polar surface area (TPSA) is 46.5 Å². The maximum atomic E-state index is 10.9. The predicted octanol–water partition coefficient (Wildman–Crippen LogP) is 2.88. The summed E-state index contributed by atoms with van der Waals surface area (Å²) in [5.74, 6) is -0.278. The molecule has 0 fully saturated rings. The molecule has 16 heavy (non-hydrogen) atoms. The van der Waals surface area contributed by atoms with Crippen LogP contribution in [0.2, 0.25) is 0 Å². The lowest BCUT2D eigenvalue weighted by Gasteiger charge is -2.14. The van der Waals surface area contributed by atoms with Gasteiger partial charge < -0.3 is 9.84 Å². The second kappa shape index (κ2) is 6.16. The molecule has 0 saturated heterocycles. The fourth-order valence-corrected chi connectivity index (χ4v) is 1.46. The Labute approximate surface area is 96.1 Å². The van der Waals surface area contributed by atoms with Gasteiger partial charge in [-0.05, 0) is 30.5 Å². The van der Waals surface area contributed by atoms with Gasteiger partial charge in [0.25, 0.3) is 0 Å². The van der Waals surface area contributed by atoms with Crippen molar-refractivity contribution in [2.24, 2.45) is 0 Å². The zero-order valence-electron chi connectivity index (χ0n) is 9.77. The van der Waals surface area contributed by atoms with E-state index in [4.69, 9.17) is 9.84 Å². The quantitative estimate of drug-likeness (QED) is 0.805. The molecule has 1 atom stereocenters. The second-order valence-corrected chi connectivity index (χ2v) is 3.73. The fraction of sp³-hybridized carbons (Fsp3) is 0.462. The van der Waals surface area contributed by atoms with Crippen LogP contribution < -0.4 is 4.74 Å². The van der Waals surface area contributed by atoms with Gasteiger partial charge in [-0.1, -0.05) is 32.4 Å². The van der Waals surface area contributed by atoms with Crippen LogP contribution >= 0.6 is 0 Å². The molecule has 1 unspecified atom stereocenters. The molecule has 1 N–H and O–H groups in total. The third-order valence-electron chi connectivity index (χ3n) is 2.44. The van der Waals surface area contributed by atoms with Gasteiger partial charge >= 0.3 is 5.97 Å².